The van der Waals surface area contributed by atoms with Crippen LogP contribution in [0.1, 0.15) is 40.4 Å². The normalized spacial score (nSPS) is 28.5. The van der Waals surface area contributed by atoms with Crippen LogP contribution in [0.4, 0.5) is 0 Å². The molecule has 0 spiro atoms. The predicted molar refractivity (Wildman–Crippen MR) is 265 cm³/mol. The van der Waals surface area contributed by atoms with Crippen molar-refractivity contribution in [2.45, 2.75) is 91.2 Å². The lowest BCUT2D eigenvalue weighted by Crippen LogP contribution is -2.67. The third-order valence-electron chi connectivity index (χ3n) is 12.9. The van der Waals surface area contributed by atoms with E-state index in [-0.39, 0.29) is 26.4 Å². The maximum Gasteiger partial charge on any atom is 0.187 e. The van der Waals surface area contributed by atoms with E-state index in [9.17, 15) is 0 Å². The van der Waals surface area contributed by atoms with E-state index in [1.807, 2.05) is 164 Å². The van der Waals surface area contributed by atoms with Crippen molar-refractivity contribution < 1.29 is 47.4 Å². The van der Waals surface area contributed by atoms with Gasteiger partial charge in [0.05, 0.1) is 26.4 Å². The summed E-state index contributed by atoms with van der Waals surface area (Å²) in [6.45, 7) is 1.08. The van der Waals surface area contributed by atoms with Crippen LogP contribution >= 0.6 is 11.8 Å². The zero-order valence-electron chi connectivity index (χ0n) is 38.4. The summed E-state index contributed by atoms with van der Waals surface area (Å²) in [4.78, 5) is 1.01. The van der Waals surface area contributed by atoms with Gasteiger partial charge < -0.3 is 47.4 Å². The molecule has 0 radical (unpaired) electrons. The fourth-order valence-electron chi connectivity index (χ4n) is 9.48. The molecule has 7 aromatic carbocycles. The molecule has 0 amide bonds. The van der Waals surface area contributed by atoms with Gasteiger partial charge in [0.1, 0.15) is 60.9 Å². The monoisotopic (exact) mass is 954 g/mol. The third-order valence-corrected chi connectivity index (χ3v) is 14.1. The van der Waals surface area contributed by atoms with E-state index in [1.165, 1.54) is 0 Å². The number of hydrogen-bond donors (Lipinski definition) is 0. The van der Waals surface area contributed by atoms with Crippen LogP contribution in [0.3, 0.4) is 0 Å². The number of thioether (sulfide) groups is 1. The average Bonchev–Trinajstić information content (AvgIpc) is 3.42. The van der Waals surface area contributed by atoms with Gasteiger partial charge in [0.25, 0.3) is 0 Å². The Labute approximate surface area is 413 Å². The highest BCUT2D eigenvalue weighted by Gasteiger charge is 2.57. The molecule has 4 aliphatic rings. The molecule has 0 aromatic heterocycles. The number of ether oxygens (including phenoxy) is 10. The van der Waals surface area contributed by atoms with Crippen LogP contribution in [0.2, 0.25) is 0 Å². The van der Waals surface area contributed by atoms with E-state index in [1.54, 1.807) is 11.8 Å². The van der Waals surface area contributed by atoms with Gasteiger partial charge in [-0.15, -0.1) is 0 Å². The smallest absolute Gasteiger partial charge is 0.187 e. The first-order valence-electron chi connectivity index (χ1n) is 23.9. The zero-order valence-corrected chi connectivity index (χ0v) is 39.2. The standard InChI is InChI=1S/C59H54O10S/c1-6-20-40(21-7-1)36-61-54-52(60-35-19-31-43-30-18-29-42-24-16-17-34-47(42)43)50-48(38-63-56(67-50)44-25-10-3-11-26-44)65-58(54)69-53-51-49(39-64-57(68-51)45-27-12-4-13-28-45)66-59(70-46-32-14-5-15-33-46)55(53)62-37-41-22-8-2-9-23-41/h1-18,20-30,32-34,48-59H,35-39H2/t48-,49-,50-,51-,52+,53+,54+,55+,56-,57-,58+,59-/m1/s1. The van der Waals surface area contributed by atoms with E-state index >= 15 is 0 Å². The van der Waals surface area contributed by atoms with Gasteiger partial charge in [-0.1, -0.05) is 200 Å². The lowest BCUT2D eigenvalue weighted by molar-refractivity contribution is -0.396. The number of hydrogen-bond acceptors (Lipinski definition) is 11. The number of fused-ring (bicyclic) bond motifs is 3. The summed E-state index contributed by atoms with van der Waals surface area (Å²) in [6, 6.07) is 64.5. The molecule has 0 unspecified atom stereocenters. The highest BCUT2D eigenvalue weighted by Crippen LogP contribution is 2.44. The molecule has 4 saturated heterocycles. The van der Waals surface area contributed by atoms with Crippen LogP contribution in [0.25, 0.3) is 10.8 Å². The lowest BCUT2D eigenvalue weighted by atomic mass is 9.95. The topological polar surface area (TPSA) is 92.3 Å². The van der Waals surface area contributed by atoms with Crippen LogP contribution in [0.5, 0.6) is 0 Å². The minimum Gasteiger partial charge on any atom is -0.367 e. The lowest BCUT2D eigenvalue weighted by Gasteiger charge is -2.52. The Bertz CT molecular complexity index is 2790. The summed E-state index contributed by atoms with van der Waals surface area (Å²) in [5.74, 6) is 6.71. The molecule has 0 aliphatic carbocycles. The quantitative estimate of drug-likeness (QED) is 0.0976. The van der Waals surface area contributed by atoms with Crippen LogP contribution in [0, 0.1) is 11.8 Å². The second-order valence-electron chi connectivity index (χ2n) is 17.6. The number of benzene rings is 7. The van der Waals surface area contributed by atoms with Crippen LogP contribution in [-0.2, 0) is 60.6 Å². The third kappa shape index (κ3) is 10.9. The molecule has 4 aliphatic heterocycles. The van der Waals surface area contributed by atoms with Crippen molar-refractivity contribution in [3.63, 3.8) is 0 Å². The summed E-state index contributed by atoms with van der Waals surface area (Å²) < 4.78 is 69.3. The van der Waals surface area contributed by atoms with Crippen LogP contribution in [0.15, 0.2) is 199 Å². The zero-order chi connectivity index (χ0) is 46.9. The first-order valence-corrected chi connectivity index (χ1v) is 24.8. The van der Waals surface area contributed by atoms with Crippen molar-refractivity contribution in [3.05, 3.63) is 222 Å². The molecular weight excluding hydrogens is 901 g/mol. The Balaban J connectivity index is 0.968. The van der Waals surface area contributed by atoms with Crippen molar-refractivity contribution >= 4 is 22.5 Å². The van der Waals surface area contributed by atoms with Gasteiger partial charge in [-0.25, -0.2) is 0 Å². The maximum atomic E-state index is 7.50. The van der Waals surface area contributed by atoms with E-state index < -0.39 is 73.1 Å². The molecule has 11 rings (SSSR count). The second-order valence-corrected chi connectivity index (χ2v) is 18.8. The Morgan fingerprint density at radius 1 is 0.471 bits per heavy atom. The maximum absolute atomic E-state index is 7.50. The minimum atomic E-state index is -1.03. The Morgan fingerprint density at radius 3 is 1.64 bits per heavy atom. The first kappa shape index (κ1) is 46.7. The summed E-state index contributed by atoms with van der Waals surface area (Å²) >= 11 is 1.57. The Morgan fingerprint density at radius 2 is 1.00 bits per heavy atom. The predicted octanol–water partition coefficient (Wildman–Crippen LogP) is 10.6. The van der Waals surface area contributed by atoms with Crippen LogP contribution < -0.4 is 0 Å². The van der Waals surface area contributed by atoms with E-state index in [2.05, 4.69) is 42.2 Å². The van der Waals surface area contributed by atoms with E-state index in [0.29, 0.717) is 6.61 Å². The molecule has 10 nitrogen and oxygen atoms in total. The van der Waals surface area contributed by atoms with Gasteiger partial charge in [-0.2, -0.15) is 0 Å². The van der Waals surface area contributed by atoms with Gasteiger partial charge in [0.15, 0.2) is 18.9 Å². The molecule has 70 heavy (non-hydrogen) atoms. The SMILES string of the molecule is C(#Cc1cccc2ccccc12)CO[C@@H]1[C@H](OCc2ccccc2)[C@H](O[C@@H]2[C@H](OCc3ccccc3)[C@@H](Sc3ccccc3)O[C@@H]3CO[C@@H](c4ccccc4)O[C@@H]23)O[C@@H]2CO[C@@H](c3ccccc3)O[C@@H]12. The molecule has 4 heterocycles. The summed E-state index contributed by atoms with van der Waals surface area (Å²) in [6.07, 6.45) is -7.81. The highest BCUT2D eigenvalue weighted by molar-refractivity contribution is 7.99. The Hall–Kier alpha value is -5.69. The van der Waals surface area contributed by atoms with Crippen molar-refractivity contribution in [1.29, 1.82) is 0 Å². The molecule has 356 valence electrons. The van der Waals surface area contributed by atoms with Gasteiger partial charge in [0.2, 0.25) is 0 Å². The van der Waals surface area contributed by atoms with Gasteiger partial charge in [-0.3, -0.25) is 0 Å². The van der Waals surface area contributed by atoms with Gasteiger partial charge in [-0.05, 0) is 40.1 Å². The minimum absolute atomic E-state index is 0.0784. The molecule has 7 aromatic rings. The highest BCUT2D eigenvalue weighted by atomic mass is 32.2. The van der Waals surface area contributed by atoms with Crippen LogP contribution in [-0.4, -0.2) is 80.4 Å². The molecule has 12 atom stereocenters. The number of rotatable bonds is 14. The molecule has 0 saturated carbocycles. The molecular formula is C59H54O10S. The second kappa shape index (κ2) is 22.6. The summed E-state index contributed by atoms with van der Waals surface area (Å²) in [7, 11) is 0. The van der Waals surface area contributed by atoms with Crippen molar-refractivity contribution in [1.82, 2.24) is 0 Å². The molecule has 0 N–H and O–H groups in total. The fourth-order valence-corrected chi connectivity index (χ4v) is 10.6. The molecule has 0 bridgehead atoms. The average molecular weight is 955 g/mol. The van der Waals surface area contributed by atoms with Crippen molar-refractivity contribution in [3.8, 4) is 11.8 Å². The summed E-state index contributed by atoms with van der Waals surface area (Å²) in [5, 5.41) is 2.20. The van der Waals surface area contributed by atoms with Gasteiger partial charge >= 0.3 is 0 Å². The van der Waals surface area contributed by atoms with Crippen molar-refractivity contribution in [2.24, 2.45) is 0 Å². The Kier molecular flexibility index (Phi) is 15.1. The van der Waals surface area contributed by atoms with Crippen molar-refractivity contribution in [2.75, 3.05) is 19.8 Å². The summed E-state index contributed by atoms with van der Waals surface area (Å²) in [5.41, 5.74) is 4.12. The largest absolute Gasteiger partial charge is 0.367 e. The van der Waals surface area contributed by atoms with Gasteiger partial charge in [0, 0.05) is 21.6 Å². The van der Waals surface area contributed by atoms with E-state index in [4.69, 9.17) is 47.4 Å². The first-order chi connectivity index (χ1) is 34.7. The molecule has 11 heteroatoms. The molecule has 4 fully saturated rings. The van der Waals surface area contributed by atoms with E-state index in [0.717, 1.165) is 43.5 Å². The fraction of sp³-hybridized carbons (Fsp3) is 0.288.